The first-order valence-electron chi connectivity index (χ1n) is 5.33. The number of hydrogen-bond donors (Lipinski definition) is 2. The fraction of sp³-hybridized carbons (Fsp3) is 0.0833. The highest BCUT2D eigenvalue weighted by Crippen LogP contribution is 2.21. The van der Waals surface area contributed by atoms with Crippen LogP contribution in [0.3, 0.4) is 0 Å². The Labute approximate surface area is 112 Å². The average Bonchev–Trinajstić information content (AvgIpc) is 2.88. The lowest BCUT2D eigenvalue weighted by Crippen LogP contribution is -1.90. The molecule has 0 saturated carbocycles. The van der Waals surface area contributed by atoms with Crippen LogP contribution in [0.2, 0.25) is 0 Å². The lowest BCUT2D eigenvalue weighted by atomic mass is 10.1. The molecule has 2 aromatic rings. The summed E-state index contributed by atoms with van der Waals surface area (Å²) in [5.41, 5.74) is 1.03. The van der Waals surface area contributed by atoms with Crippen molar-refractivity contribution in [1.82, 2.24) is 15.2 Å². The van der Waals surface area contributed by atoms with Crippen molar-refractivity contribution in [3.8, 4) is 0 Å². The van der Waals surface area contributed by atoms with Crippen molar-refractivity contribution in [3.63, 3.8) is 0 Å². The average molecular weight is 279 g/mol. The van der Waals surface area contributed by atoms with Crippen LogP contribution >= 0.6 is 11.8 Å². The van der Waals surface area contributed by atoms with E-state index in [9.17, 15) is 9.18 Å². The molecule has 1 aromatic heterocycles. The maximum Gasteiger partial charge on any atom is 0.328 e. The van der Waals surface area contributed by atoms with Gasteiger partial charge in [0.2, 0.25) is 0 Å². The number of H-pyrrole nitrogens is 1. The van der Waals surface area contributed by atoms with Gasteiger partial charge in [0.1, 0.15) is 12.1 Å². The third kappa shape index (κ3) is 3.92. The van der Waals surface area contributed by atoms with Gasteiger partial charge in [-0.3, -0.25) is 5.10 Å². The molecule has 0 bridgehead atoms. The first kappa shape index (κ1) is 13.3. The zero-order chi connectivity index (χ0) is 13.7. The molecule has 19 heavy (non-hydrogen) atoms. The largest absolute Gasteiger partial charge is 0.478 e. The number of aromatic nitrogens is 3. The van der Waals surface area contributed by atoms with Crippen LogP contribution < -0.4 is 0 Å². The molecule has 2 rings (SSSR count). The Bertz CT molecular complexity index is 599. The summed E-state index contributed by atoms with van der Waals surface area (Å²) in [4.78, 5) is 14.3. The Balaban J connectivity index is 2.04. The number of carboxylic acid groups (broad SMARTS) is 1. The number of carboxylic acids is 1. The van der Waals surface area contributed by atoms with Crippen molar-refractivity contribution in [2.45, 2.75) is 10.9 Å². The SMILES string of the molecule is O=C(O)C=Cc1ccc(CSc2ncn[nH]2)c(F)c1. The van der Waals surface area contributed by atoms with Gasteiger partial charge >= 0.3 is 5.97 Å². The Hall–Kier alpha value is -2.15. The molecule has 0 atom stereocenters. The Morgan fingerprint density at radius 1 is 1.53 bits per heavy atom. The van der Waals surface area contributed by atoms with Gasteiger partial charge in [0.05, 0.1) is 0 Å². The Morgan fingerprint density at radius 2 is 2.37 bits per heavy atom. The quantitative estimate of drug-likeness (QED) is 0.648. The summed E-state index contributed by atoms with van der Waals surface area (Å²) >= 11 is 1.34. The minimum atomic E-state index is -1.06. The number of halogens is 1. The molecule has 0 radical (unpaired) electrons. The third-order valence-electron chi connectivity index (χ3n) is 2.25. The smallest absolute Gasteiger partial charge is 0.328 e. The topological polar surface area (TPSA) is 78.9 Å². The van der Waals surface area contributed by atoms with Gasteiger partial charge < -0.3 is 5.11 Å². The van der Waals surface area contributed by atoms with Crippen molar-refractivity contribution in [2.24, 2.45) is 0 Å². The van der Waals surface area contributed by atoms with Gasteiger partial charge in [-0.25, -0.2) is 14.2 Å². The molecule has 0 aliphatic rings. The fourth-order valence-electron chi connectivity index (χ4n) is 1.36. The zero-order valence-corrected chi connectivity index (χ0v) is 10.5. The molecule has 0 aliphatic carbocycles. The molecular formula is C12H10FN3O2S. The second-order valence-electron chi connectivity index (χ2n) is 3.60. The predicted octanol–water partition coefficient (Wildman–Crippen LogP) is 2.33. The summed E-state index contributed by atoms with van der Waals surface area (Å²) in [5, 5.41) is 15.5. The van der Waals surface area contributed by atoms with Crippen LogP contribution in [0.15, 0.2) is 35.8 Å². The highest BCUT2D eigenvalue weighted by molar-refractivity contribution is 7.98. The summed E-state index contributed by atoms with van der Waals surface area (Å²) in [6, 6.07) is 4.59. The van der Waals surface area contributed by atoms with Gasteiger partial charge in [-0.05, 0) is 23.3 Å². The highest BCUT2D eigenvalue weighted by Gasteiger charge is 2.05. The van der Waals surface area contributed by atoms with Crippen LogP contribution in [-0.2, 0) is 10.5 Å². The number of nitrogens with one attached hydrogen (secondary N) is 1. The van der Waals surface area contributed by atoms with E-state index >= 15 is 0 Å². The number of aromatic amines is 1. The molecule has 0 amide bonds. The monoisotopic (exact) mass is 279 g/mol. The molecule has 0 fully saturated rings. The minimum Gasteiger partial charge on any atom is -0.478 e. The van der Waals surface area contributed by atoms with E-state index in [4.69, 9.17) is 5.11 Å². The van der Waals surface area contributed by atoms with Crippen LogP contribution in [0.5, 0.6) is 0 Å². The molecule has 98 valence electrons. The van der Waals surface area contributed by atoms with Gasteiger partial charge in [0, 0.05) is 11.8 Å². The molecular weight excluding hydrogens is 269 g/mol. The van der Waals surface area contributed by atoms with E-state index in [1.807, 2.05) is 0 Å². The van der Waals surface area contributed by atoms with Gasteiger partial charge in [-0.1, -0.05) is 23.9 Å². The van der Waals surface area contributed by atoms with E-state index < -0.39 is 5.97 Å². The normalized spacial score (nSPS) is 11.0. The maximum atomic E-state index is 13.8. The number of rotatable bonds is 5. The lowest BCUT2D eigenvalue weighted by Gasteiger charge is -2.02. The molecule has 5 nitrogen and oxygen atoms in total. The number of aliphatic carboxylic acids is 1. The van der Waals surface area contributed by atoms with Crippen molar-refractivity contribution in [1.29, 1.82) is 0 Å². The van der Waals surface area contributed by atoms with Crippen LogP contribution in [0.1, 0.15) is 11.1 Å². The van der Waals surface area contributed by atoms with Gasteiger partial charge in [-0.15, -0.1) is 0 Å². The molecule has 0 aliphatic heterocycles. The Morgan fingerprint density at radius 3 is 3.00 bits per heavy atom. The van der Waals surface area contributed by atoms with Gasteiger partial charge in [0.15, 0.2) is 5.16 Å². The first-order chi connectivity index (χ1) is 9.15. The van der Waals surface area contributed by atoms with Crippen molar-refractivity contribution in [2.75, 3.05) is 0 Å². The van der Waals surface area contributed by atoms with Crippen molar-refractivity contribution >= 4 is 23.8 Å². The van der Waals surface area contributed by atoms with E-state index in [2.05, 4.69) is 15.2 Å². The van der Waals surface area contributed by atoms with Gasteiger partial charge in [-0.2, -0.15) is 5.10 Å². The standard InChI is InChI=1S/C12H10FN3O2S/c13-10-5-8(2-4-11(17)18)1-3-9(10)6-19-12-14-7-15-16-12/h1-5,7H,6H2,(H,17,18)(H,14,15,16). The highest BCUT2D eigenvalue weighted by atomic mass is 32.2. The zero-order valence-electron chi connectivity index (χ0n) is 9.71. The van der Waals surface area contributed by atoms with E-state index in [0.717, 1.165) is 6.08 Å². The maximum absolute atomic E-state index is 13.8. The molecule has 0 saturated heterocycles. The fourth-order valence-corrected chi connectivity index (χ4v) is 2.13. The summed E-state index contributed by atoms with van der Waals surface area (Å²) in [5.74, 6) is -1.02. The lowest BCUT2D eigenvalue weighted by molar-refractivity contribution is -0.131. The predicted molar refractivity (Wildman–Crippen MR) is 69.0 cm³/mol. The summed E-state index contributed by atoms with van der Waals surface area (Å²) in [7, 11) is 0. The van der Waals surface area contributed by atoms with Crippen LogP contribution in [0.25, 0.3) is 6.08 Å². The van der Waals surface area contributed by atoms with Crippen molar-refractivity contribution < 1.29 is 14.3 Å². The second-order valence-corrected chi connectivity index (χ2v) is 4.57. The van der Waals surface area contributed by atoms with E-state index in [1.54, 1.807) is 12.1 Å². The second kappa shape index (κ2) is 6.14. The number of hydrogen-bond acceptors (Lipinski definition) is 4. The van der Waals surface area contributed by atoms with E-state index in [1.165, 1.54) is 30.2 Å². The summed E-state index contributed by atoms with van der Waals surface area (Å²) in [6.45, 7) is 0. The van der Waals surface area contributed by atoms with Gasteiger partial charge in [0.25, 0.3) is 0 Å². The van der Waals surface area contributed by atoms with Crippen molar-refractivity contribution in [3.05, 3.63) is 47.5 Å². The first-order valence-corrected chi connectivity index (χ1v) is 6.31. The van der Waals surface area contributed by atoms with Crippen LogP contribution in [0.4, 0.5) is 4.39 Å². The third-order valence-corrected chi connectivity index (χ3v) is 3.18. The molecule has 1 heterocycles. The number of benzene rings is 1. The van der Waals surface area contributed by atoms with E-state index in [-0.39, 0.29) is 5.82 Å². The van der Waals surface area contributed by atoms with Crippen LogP contribution in [0, 0.1) is 5.82 Å². The van der Waals surface area contributed by atoms with Crippen LogP contribution in [-0.4, -0.2) is 26.3 Å². The molecule has 1 aromatic carbocycles. The molecule has 7 heteroatoms. The summed E-state index contributed by atoms with van der Waals surface area (Å²) < 4.78 is 13.8. The molecule has 0 unspecified atom stereocenters. The Kier molecular flexibility index (Phi) is 4.30. The minimum absolute atomic E-state index is 0.375. The molecule has 0 spiro atoms. The number of carbonyl (C=O) groups is 1. The number of nitrogens with zero attached hydrogens (tertiary/aromatic N) is 2. The van der Waals surface area contributed by atoms with E-state index in [0.29, 0.717) is 22.0 Å². The summed E-state index contributed by atoms with van der Waals surface area (Å²) in [6.07, 6.45) is 3.70. The molecule has 2 N–H and O–H groups in total. The number of thioether (sulfide) groups is 1.